The molecule has 1 aromatic heterocycles. The second-order valence-electron chi connectivity index (χ2n) is 5.31. The van der Waals surface area contributed by atoms with E-state index in [2.05, 4.69) is 19.2 Å². The van der Waals surface area contributed by atoms with E-state index in [1.807, 2.05) is 32.0 Å². The van der Waals surface area contributed by atoms with E-state index >= 15 is 0 Å². The van der Waals surface area contributed by atoms with Gasteiger partial charge in [0.05, 0.1) is 16.1 Å². The maximum absolute atomic E-state index is 6.18. The van der Waals surface area contributed by atoms with Gasteiger partial charge < -0.3 is 9.73 Å². The third kappa shape index (κ3) is 3.45. The largest absolute Gasteiger partial charge is 0.466 e. The molecule has 2 nitrogen and oxygen atoms in total. The molecule has 1 heterocycles. The van der Waals surface area contributed by atoms with E-state index in [1.165, 1.54) is 11.1 Å². The lowest BCUT2D eigenvalue weighted by atomic mass is 9.95. The molecule has 0 radical (unpaired) electrons. The summed E-state index contributed by atoms with van der Waals surface area (Å²) in [5.41, 5.74) is 3.48. The predicted octanol–water partition coefficient (Wildman–Crippen LogP) is 5.60. The number of halogens is 2. The zero-order chi connectivity index (χ0) is 15.6. The van der Waals surface area contributed by atoms with Crippen molar-refractivity contribution >= 4 is 23.2 Å². The number of furan rings is 1. The minimum atomic E-state index is 0.0668. The SMILES string of the molecule is CCCNC(c1ccc(Cl)c(Cl)c1)c1c(C)oc(C)c1C. The summed E-state index contributed by atoms with van der Waals surface area (Å²) >= 11 is 12.2. The fraction of sp³-hybridized carbons (Fsp3) is 0.412. The smallest absolute Gasteiger partial charge is 0.106 e. The third-order valence-corrected chi connectivity index (χ3v) is 4.52. The molecule has 2 aromatic rings. The monoisotopic (exact) mass is 325 g/mol. The van der Waals surface area contributed by atoms with E-state index in [-0.39, 0.29) is 6.04 Å². The molecule has 0 spiro atoms. The van der Waals surface area contributed by atoms with Crippen molar-refractivity contribution in [3.05, 3.63) is 56.5 Å². The average Bonchev–Trinajstić information content (AvgIpc) is 2.69. The van der Waals surface area contributed by atoms with Crippen LogP contribution in [0.3, 0.4) is 0 Å². The van der Waals surface area contributed by atoms with E-state index < -0.39 is 0 Å². The molecule has 0 amide bonds. The van der Waals surface area contributed by atoms with Gasteiger partial charge in [-0.25, -0.2) is 0 Å². The number of rotatable bonds is 5. The zero-order valence-electron chi connectivity index (χ0n) is 12.9. The zero-order valence-corrected chi connectivity index (χ0v) is 14.4. The van der Waals surface area contributed by atoms with Crippen LogP contribution in [0.4, 0.5) is 0 Å². The van der Waals surface area contributed by atoms with Crippen LogP contribution < -0.4 is 5.32 Å². The Hall–Kier alpha value is -0.960. The molecular weight excluding hydrogens is 305 g/mol. The number of benzene rings is 1. The van der Waals surface area contributed by atoms with E-state index in [0.29, 0.717) is 10.0 Å². The standard InChI is InChI=1S/C17H21Cl2NO/c1-5-8-20-17(13-6-7-14(18)15(19)9-13)16-10(2)11(3)21-12(16)4/h6-7,9,17,20H,5,8H2,1-4H3. The van der Waals surface area contributed by atoms with Gasteiger partial charge in [0.25, 0.3) is 0 Å². The van der Waals surface area contributed by atoms with Gasteiger partial charge in [0.2, 0.25) is 0 Å². The molecule has 4 heteroatoms. The Kier molecular flexibility index (Phi) is 5.37. The molecule has 114 valence electrons. The summed E-state index contributed by atoms with van der Waals surface area (Å²) in [4.78, 5) is 0. The summed E-state index contributed by atoms with van der Waals surface area (Å²) in [6.07, 6.45) is 1.06. The first kappa shape index (κ1) is 16.4. The van der Waals surface area contributed by atoms with Crippen LogP contribution in [-0.4, -0.2) is 6.54 Å². The maximum Gasteiger partial charge on any atom is 0.106 e. The highest BCUT2D eigenvalue weighted by atomic mass is 35.5. The fourth-order valence-electron chi connectivity index (χ4n) is 2.60. The lowest BCUT2D eigenvalue weighted by molar-refractivity contribution is 0.493. The minimum Gasteiger partial charge on any atom is -0.466 e. The van der Waals surface area contributed by atoms with Crippen molar-refractivity contribution in [1.29, 1.82) is 0 Å². The molecular formula is C17H21Cl2NO. The van der Waals surface area contributed by atoms with Crippen molar-refractivity contribution in [2.45, 2.75) is 40.2 Å². The van der Waals surface area contributed by atoms with E-state index in [1.54, 1.807) is 0 Å². The number of nitrogens with one attached hydrogen (secondary N) is 1. The lowest BCUT2D eigenvalue weighted by Crippen LogP contribution is -2.24. The van der Waals surface area contributed by atoms with Crippen LogP contribution in [0.25, 0.3) is 0 Å². The highest BCUT2D eigenvalue weighted by Gasteiger charge is 2.22. The van der Waals surface area contributed by atoms with E-state index in [0.717, 1.165) is 30.0 Å². The molecule has 1 aromatic carbocycles. The summed E-state index contributed by atoms with van der Waals surface area (Å²) in [7, 11) is 0. The number of hydrogen-bond acceptors (Lipinski definition) is 2. The van der Waals surface area contributed by atoms with Crippen molar-refractivity contribution in [3.63, 3.8) is 0 Å². The molecule has 1 N–H and O–H groups in total. The van der Waals surface area contributed by atoms with Gasteiger partial charge in [-0.15, -0.1) is 0 Å². The molecule has 0 aliphatic rings. The Labute approximate surface area is 136 Å². The second-order valence-corrected chi connectivity index (χ2v) is 6.13. The van der Waals surface area contributed by atoms with Gasteiger partial charge in [-0.3, -0.25) is 0 Å². The van der Waals surface area contributed by atoms with Gasteiger partial charge >= 0.3 is 0 Å². The van der Waals surface area contributed by atoms with Gasteiger partial charge in [0.1, 0.15) is 11.5 Å². The van der Waals surface area contributed by atoms with Crippen LogP contribution in [0.15, 0.2) is 22.6 Å². The summed E-state index contributed by atoms with van der Waals surface area (Å²) in [6, 6.07) is 5.86. The average molecular weight is 326 g/mol. The van der Waals surface area contributed by atoms with Crippen molar-refractivity contribution < 1.29 is 4.42 Å². The fourth-order valence-corrected chi connectivity index (χ4v) is 2.91. The quantitative estimate of drug-likeness (QED) is 0.773. The lowest BCUT2D eigenvalue weighted by Gasteiger charge is -2.20. The summed E-state index contributed by atoms with van der Waals surface area (Å²) in [6.45, 7) is 9.18. The van der Waals surface area contributed by atoms with Crippen LogP contribution in [0, 0.1) is 20.8 Å². The Morgan fingerprint density at radius 2 is 1.81 bits per heavy atom. The molecule has 0 fully saturated rings. The van der Waals surface area contributed by atoms with Crippen molar-refractivity contribution in [2.24, 2.45) is 0 Å². The highest BCUT2D eigenvalue weighted by molar-refractivity contribution is 6.42. The number of aryl methyl sites for hydroxylation is 2. The second kappa shape index (κ2) is 6.87. The summed E-state index contributed by atoms with van der Waals surface area (Å²) < 4.78 is 5.78. The van der Waals surface area contributed by atoms with Gasteiger partial charge in [0, 0.05) is 5.56 Å². The van der Waals surface area contributed by atoms with Crippen molar-refractivity contribution in [1.82, 2.24) is 5.32 Å². The molecule has 0 aliphatic carbocycles. The molecule has 2 rings (SSSR count). The van der Waals surface area contributed by atoms with Crippen LogP contribution in [-0.2, 0) is 0 Å². The third-order valence-electron chi connectivity index (χ3n) is 3.78. The first-order valence-electron chi connectivity index (χ1n) is 7.20. The normalized spacial score (nSPS) is 12.7. The van der Waals surface area contributed by atoms with E-state index in [4.69, 9.17) is 27.6 Å². The van der Waals surface area contributed by atoms with Crippen LogP contribution >= 0.6 is 23.2 Å². The molecule has 1 atom stereocenters. The molecule has 0 saturated heterocycles. The van der Waals surface area contributed by atoms with E-state index in [9.17, 15) is 0 Å². The molecule has 0 saturated carbocycles. The van der Waals surface area contributed by atoms with Crippen molar-refractivity contribution in [3.8, 4) is 0 Å². The van der Waals surface area contributed by atoms with Gasteiger partial charge in [0.15, 0.2) is 0 Å². The summed E-state index contributed by atoms with van der Waals surface area (Å²) in [5.74, 6) is 1.91. The Bertz CT molecular complexity index is 634. The summed E-state index contributed by atoms with van der Waals surface area (Å²) in [5, 5.41) is 4.73. The molecule has 0 aliphatic heterocycles. The topological polar surface area (TPSA) is 25.2 Å². The van der Waals surface area contributed by atoms with Crippen LogP contribution in [0.5, 0.6) is 0 Å². The molecule has 21 heavy (non-hydrogen) atoms. The first-order valence-corrected chi connectivity index (χ1v) is 7.96. The van der Waals surface area contributed by atoms with Crippen LogP contribution in [0.1, 0.15) is 47.6 Å². The maximum atomic E-state index is 6.18. The Morgan fingerprint density at radius 1 is 1.10 bits per heavy atom. The predicted molar refractivity (Wildman–Crippen MR) is 89.5 cm³/mol. The minimum absolute atomic E-state index is 0.0668. The number of hydrogen-bond donors (Lipinski definition) is 1. The highest BCUT2D eigenvalue weighted by Crippen LogP contribution is 2.34. The van der Waals surface area contributed by atoms with Gasteiger partial charge in [-0.05, 0) is 57.0 Å². The first-order chi connectivity index (χ1) is 9.95. The van der Waals surface area contributed by atoms with Gasteiger partial charge in [-0.2, -0.15) is 0 Å². The van der Waals surface area contributed by atoms with Gasteiger partial charge in [-0.1, -0.05) is 36.2 Å². The Balaban J connectivity index is 2.49. The van der Waals surface area contributed by atoms with Crippen LogP contribution in [0.2, 0.25) is 10.0 Å². The van der Waals surface area contributed by atoms with Crippen molar-refractivity contribution in [2.75, 3.05) is 6.54 Å². The molecule has 0 bridgehead atoms. The Morgan fingerprint density at radius 3 is 2.33 bits per heavy atom. The molecule has 1 unspecified atom stereocenters.